The third-order valence-electron chi connectivity index (χ3n) is 15.5. The highest BCUT2D eigenvalue weighted by atomic mass is 16.4. The lowest BCUT2D eigenvalue weighted by Crippen LogP contribution is -2.57. The van der Waals surface area contributed by atoms with Gasteiger partial charge >= 0.3 is 5.97 Å². The zero-order valence-corrected chi connectivity index (χ0v) is 34.4. The number of aromatic hydroxyl groups is 1. The predicted molar refractivity (Wildman–Crippen MR) is 233 cm³/mol. The molecule has 0 aromatic heterocycles. The average molecular weight is 798 g/mol. The minimum atomic E-state index is -0.886. The molecule has 1 fully saturated rings. The first-order valence-corrected chi connectivity index (χ1v) is 22.5. The van der Waals surface area contributed by atoms with Crippen LogP contribution in [0.1, 0.15) is 105 Å². The normalized spacial score (nSPS) is 30.3. The molecule has 0 aliphatic heterocycles. The van der Waals surface area contributed by atoms with Gasteiger partial charge in [0.1, 0.15) is 17.8 Å². The lowest BCUT2D eigenvalue weighted by atomic mass is 9.46. The Bertz CT molecular complexity index is 2170. The summed E-state index contributed by atoms with van der Waals surface area (Å²) in [6.45, 7) is 0.379. The van der Waals surface area contributed by atoms with Gasteiger partial charge in [0.2, 0.25) is 0 Å². The molecule has 2 bridgehead atoms. The van der Waals surface area contributed by atoms with Gasteiger partial charge < -0.3 is 31.0 Å². The second-order valence-electron chi connectivity index (χ2n) is 18.6. The molecule has 0 radical (unpaired) electrons. The second kappa shape index (κ2) is 18.0. The van der Waals surface area contributed by atoms with Crippen molar-refractivity contribution in [2.75, 3.05) is 13.2 Å². The topological polar surface area (TPSA) is 141 Å². The van der Waals surface area contributed by atoms with Crippen LogP contribution in [0.5, 0.6) is 5.75 Å². The Labute approximate surface area is 349 Å². The van der Waals surface area contributed by atoms with E-state index in [1.807, 2.05) is 24.3 Å². The van der Waals surface area contributed by atoms with Crippen molar-refractivity contribution < 1.29 is 30.0 Å². The van der Waals surface area contributed by atoms with Crippen LogP contribution in [-0.2, 0) is 27.8 Å². The number of hydrogen-bond donors (Lipinski definition) is 5. The fraction of sp³-hybridized carbons (Fsp3) is 0.500. The molecular weight excluding hydrogens is 735 g/mol. The summed E-state index contributed by atoms with van der Waals surface area (Å²) in [4.78, 5) is 26.1. The number of aliphatic hydroxyl groups excluding tert-OH is 2. The van der Waals surface area contributed by atoms with Gasteiger partial charge in [0.15, 0.2) is 0 Å². The first kappa shape index (κ1) is 41.3. The SMILES string of the molecule is NCCC1=C[C@H]([C@@H](C=O)CCCCC[C@@H]2CC=C[C@H](CO)[C@@H](C(=O)O)[C@]34C[C@H]5C(O)=c6ccccc6=C[C@@H]5C[C@H]3CCc3ccc(cc34)C[C@@H]2c2ccc(O)cc2)CC1. The Morgan fingerprint density at radius 2 is 1.78 bits per heavy atom. The number of aryl methyl sites for hydroxylation is 1. The summed E-state index contributed by atoms with van der Waals surface area (Å²) < 4.78 is 0. The second-order valence-corrected chi connectivity index (χ2v) is 18.6. The molecule has 7 nitrogen and oxygen atoms in total. The molecular formula is C52H63NO6. The number of aliphatic hydroxyl groups is 2. The van der Waals surface area contributed by atoms with E-state index in [0.29, 0.717) is 24.6 Å². The number of allylic oxidation sites excluding steroid dienone is 2. The van der Waals surface area contributed by atoms with E-state index in [1.54, 1.807) is 12.1 Å². The van der Waals surface area contributed by atoms with Crippen molar-refractivity contribution in [3.05, 3.63) is 123 Å². The number of phenolic OH excluding ortho intramolecular Hbond substituents is 1. The summed E-state index contributed by atoms with van der Waals surface area (Å²) in [5.74, 6) is -1.05. The van der Waals surface area contributed by atoms with Gasteiger partial charge in [0.25, 0.3) is 0 Å². The number of benzene rings is 3. The number of hydrogen-bond acceptors (Lipinski definition) is 6. The van der Waals surface area contributed by atoms with Crippen LogP contribution < -0.4 is 16.2 Å². The highest BCUT2D eigenvalue weighted by Gasteiger charge is 2.59. The Hall–Kier alpha value is -4.46. The number of fused-ring (bicyclic) bond motifs is 3. The van der Waals surface area contributed by atoms with Crippen LogP contribution in [0.2, 0.25) is 0 Å². The van der Waals surface area contributed by atoms with Gasteiger partial charge in [-0.05, 0) is 146 Å². The first-order valence-electron chi connectivity index (χ1n) is 22.5. The number of nitrogens with two attached hydrogens (primary N) is 1. The number of carboxylic acids is 1. The monoisotopic (exact) mass is 797 g/mol. The molecule has 312 valence electrons. The molecule has 6 N–H and O–H groups in total. The standard InChI is InChI=1S/C52H63NO6/c53-24-23-33-13-16-38(25-33)40(31-54)9-3-1-2-7-35-10-6-11-41(32-55)49(51(58)59)52-30-47-42(28-39-8-4-5-12-45(39)50(47)57)29-43(52)20-17-37-15-14-34(27-48(37)52)26-46(35)36-18-21-44(56)22-19-36/h4-6,8,11-12,14-15,18-19,21-22,25,27-28,31,35,38,40-43,46-47,49,55-57H,1-3,7,9-10,13,16-17,20,23-24,26,29-30,32,53H2,(H,58,59)/t35-,38-,40-,41-,42-,43-,46+,47-,49+,52-/m1/s1. The fourth-order valence-corrected chi connectivity index (χ4v) is 12.6. The molecule has 7 heteroatoms. The van der Waals surface area contributed by atoms with Crippen LogP contribution in [0, 0.1) is 47.3 Å². The van der Waals surface area contributed by atoms with Crippen LogP contribution in [0.4, 0.5) is 0 Å². The van der Waals surface area contributed by atoms with E-state index in [1.165, 1.54) is 22.3 Å². The van der Waals surface area contributed by atoms with E-state index < -0.39 is 23.2 Å². The third kappa shape index (κ3) is 8.22. The molecule has 5 aliphatic rings. The smallest absolute Gasteiger partial charge is 0.308 e. The molecule has 8 rings (SSSR count). The van der Waals surface area contributed by atoms with Crippen LogP contribution in [0.15, 0.2) is 90.5 Å². The summed E-state index contributed by atoms with van der Waals surface area (Å²) in [6, 6.07) is 22.4. The largest absolute Gasteiger partial charge is 0.511 e. The van der Waals surface area contributed by atoms with Crippen molar-refractivity contribution >= 4 is 24.1 Å². The quantitative estimate of drug-likeness (QED) is 0.0670. The Morgan fingerprint density at radius 1 is 0.949 bits per heavy atom. The molecule has 10 atom stereocenters. The molecule has 0 heterocycles. The Morgan fingerprint density at radius 3 is 2.56 bits per heavy atom. The van der Waals surface area contributed by atoms with Crippen LogP contribution in [-0.4, -0.2) is 45.8 Å². The summed E-state index contributed by atoms with van der Waals surface area (Å²) in [5, 5.41) is 46.7. The van der Waals surface area contributed by atoms with Crippen molar-refractivity contribution in [2.24, 2.45) is 53.1 Å². The average Bonchev–Trinajstić information content (AvgIpc) is 3.71. The number of aliphatic carboxylic acids is 1. The third-order valence-corrected chi connectivity index (χ3v) is 15.5. The van der Waals surface area contributed by atoms with E-state index in [4.69, 9.17) is 5.73 Å². The summed E-state index contributed by atoms with van der Waals surface area (Å²) in [5.41, 5.74) is 11.0. The van der Waals surface area contributed by atoms with Gasteiger partial charge in [-0.3, -0.25) is 4.79 Å². The maximum atomic E-state index is 13.9. The van der Waals surface area contributed by atoms with E-state index in [9.17, 15) is 30.0 Å². The molecule has 0 amide bonds. The zero-order chi connectivity index (χ0) is 41.1. The number of unbranched alkanes of at least 4 members (excludes halogenated alkanes) is 2. The van der Waals surface area contributed by atoms with Crippen LogP contribution in [0.25, 0.3) is 11.8 Å². The van der Waals surface area contributed by atoms with E-state index in [-0.39, 0.29) is 47.9 Å². The maximum absolute atomic E-state index is 13.9. The van der Waals surface area contributed by atoms with Crippen LogP contribution in [0.3, 0.4) is 0 Å². The fourth-order valence-electron chi connectivity index (χ4n) is 12.6. The lowest BCUT2D eigenvalue weighted by molar-refractivity contribution is -0.150. The highest BCUT2D eigenvalue weighted by Crippen LogP contribution is 2.60. The number of rotatable bonds is 13. The van der Waals surface area contributed by atoms with Gasteiger partial charge in [-0.2, -0.15) is 0 Å². The number of phenols is 1. The molecule has 3 aromatic carbocycles. The summed E-state index contributed by atoms with van der Waals surface area (Å²) in [7, 11) is 0. The Balaban J connectivity index is 1.13. The Kier molecular flexibility index (Phi) is 12.6. The predicted octanol–water partition coefficient (Wildman–Crippen LogP) is 8.04. The van der Waals surface area contributed by atoms with Gasteiger partial charge in [-0.15, -0.1) is 0 Å². The van der Waals surface area contributed by atoms with E-state index in [0.717, 1.165) is 106 Å². The lowest BCUT2D eigenvalue weighted by Gasteiger charge is -2.57. The van der Waals surface area contributed by atoms with Crippen molar-refractivity contribution in [1.29, 1.82) is 0 Å². The number of carbonyl (C=O) groups excluding carboxylic acids is 1. The summed E-state index contributed by atoms with van der Waals surface area (Å²) in [6.07, 6.45) is 22.4. The van der Waals surface area contributed by atoms with E-state index >= 15 is 0 Å². The van der Waals surface area contributed by atoms with Gasteiger partial charge in [0.05, 0.1) is 12.5 Å². The molecule has 0 unspecified atom stereocenters. The minimum absolute atomic E-state index is 0.0488. The molecule has 59 heavy (non-hydrogen) atoms. The van der Waals surface area contributed by atoms with Gasteiger partial charge in [-0.1, -0.05) is 104 Å². The molecule has 3 aromatic rings. The molecule has 1 spiro atoms. The summed E-state index contributed by atoms with van der Waals surface area (Å²) >= 11 is 0. The minimum Gasteiger partial charge on any atom is -0.511 e. The van der Waals surface area contributed by atoms with Gasteiger partial charge in [0, 0.05) is 28.4 Å². The van der Waals surface area contributed by atoms with E-state index in [2.05, 4.69) is 54.6 Å². The van der Waals surface area contributed by atoms with Crippen molar-refractivity contribution in [1.82, 2.24) is 0 Å². The van der Waals surface area contributed by atoms with Crippen molar-refractivity contribution in [2.45, 2.75) is 101 Å². The van der Waals surface area contributed by atoms with Gasteiger partial charge in [-0.25, -0.2) is 0 Å². The first-order chi connectivity index (χ1) is 28.7. The maximum Gasteiger partial charge on any atom is 0.308 e. The molecule has 0 saturated heterocycles. The number of carbonyl (C=O) groups is 2. The molecule has 1 saturated carbocycles. The number of aldehydes is 1. The highest BCUT2D eigenvalue weighted by molar-refractivity contribution is 5.74. The van der Waals surface area contributed by atoms with Crippen molar-refractivity contribution in [3.63, 3.8) is 0 Å². The molecule has 5 aliphatic carbocycles. The zero-order valence-electron chi connectivity index (χ0n) is 34.4. The van der Waals surface area contributed by atoms with Crippen LogP contribution >= 0.6 is 0 Å². The van der Waals surface area contributed by atoms with Crippen molar-refractivity contribution in [3.8, 4) is 5.75 Å². The number of carboxylic acid groups (broad SMARTS) is 1.